The fourth-order valence-corrected chi connectivity index (χ4v) is 4.53. The van der Waals surface area contributed by atoms with Crippen molar-refractivity contribution in [3.8, 4) is 0 Å². The van der Waals surface area contributed by atoms with Crippen LogP contribution in [0, 0.1) is 0 Å². The molecule has 0 N–H and O–H groups in total. The van der Waals surface area contributed by atoms with Crippen molar-refractivity contribution in [3.63, 3.8) is 0 Å². The number of thiazole rings is 1. The van der Waals surface area contributed by atoms with E-state index in [1.54, 1.807) is 0 Å². The summed E-state index contributed by atoms with van der Waals surface area (Å²) in [5.74, 6) is 0.634. The van der Waals surface area contributed by atoms with E-state index < -0.39 is 0 Å². The molecule has 1 aromatic heterocycles. The molecule has 0 radical (unpaired) electrons. The van der Waals surface area contributed by atoms with Crippen LogP contribution in [0.1, 0.15) is 30.2 Å². The minimum absolute atomic E-state index is 0.634. The molecule has 1 unspecified atom stereocenters. The highest BCUT2D eigenvalue weighted by Gasteiger charge is 2.31. The van der Waals surface area contributed by atoms with E-state index >= 15 is 0 Å². The Balaban J connectivity index is 1.49. The van der Waals surface area contributed by atoms with Gasteiger partial charge in [0.2, 0.25) is 0 Å². The monoisotopic (exact) mass is 288 g/mol. The Labute approximate surface area is 123 Å². The summed E-state index contributed by atoms with van der Waals surface area (Å²) in [6.07, 6.45) is 3.66. The van der Waals surface area contributed by atoms with Crippen LogP contribution in [0.25, 0.3) is 10.2 Å². The van der Waals surface area contributed by atoms with E-state index in [4.69, 9.17) is 9.72 Å². The maximum Gasteiger partial charge on any atom is 0.0982 e. The first-order valence-corrected chi connectivity index (χ1v) is 8.39. The van der Waals surface area contributed by atoms with Gasteiger partial charge in [-0.2, -0.15) is 0 Å². The number of benzene rings is 1. The minimum Gasteiger partial charge on any atom is -0.381 e. The molecule has 1 atom stereocenters. The quantitative estimate of drug-likeness (QED) is 0.848. The lowest BCUT2D eigenvalue weighted by Crippen LogP contribution is -2.37. The number of ether oxygens (including phenoxy) is 1. The molecule has 4 heteroatoms. The second kappa shape index (κ2) is 5.43. The number of likely N-dealkylation sites (tertiary alicyclic amines) is 1. The third-order valence-electron chi connectivity index (χ3n) is 4.59. The molecule has 0 bridgehead atoms. The number of fused-ring (bicyclic) bond motifs is 1. The molecule has 1 aromatic carbocycles. The van der Waals surface area contributed by atoms with Crippen molar-refractivity contribution < 1.29 is 4.74 Å². The first-order valence-electron chi connectivity index (χ1n) is 7.57. The Bertz CT molecular complexity index is 558. The van der Waals surface area contributed by atoms with Crippen molar-refractivity contribution in [3.05, 3.63) is 29.3 Å². The number of hydrogen-bond donors (Lipinski definition) is 0. The molecular formula is C16H20N2OS. The Morgan fingerprint density at radius 2 is 2.00 bits per heavy atom. The Hall–Kier alpha value is -0.970. The molecule has 106 valence electrons. The molecule has 0 saturated carbocycles. The molecule has 0 amide bonds. The molecule has 2 saturated heterocycles. The lowest BCUT2D eigenvalue weighted by molar-refractivity contribution is 0.0419. The zero-order valence-electron chi connectivity index (χ0n) is 11.6. The van der Waals surface area contributed by atoms with Crippen LogP contribution >= 0.6 is 11.3 Å². The van der Waals surface area contributed by atoms with E-state index in [9.17, 15) is 0 Å². The SMILES string of the molecule is c1ccc2sc(C3CCN(C4CCOCC4)C3)nc2c1. The highest BCUT2D eigenvalue weighted by atomic mass is 32.1. The first-order chi connectivity index (χ1) is 9.90. The number of nitrogens with zero attached hydrogens (tertiary/aromatic N) is 2. The maximum atomic E-state index is 5.47. The van der Waals surface area contributed by atoms with Gasteiger partial charge in [-0.3, -0.25) is 4.90 Å². The molecule has 2 aliphatic heterocycles. The van der Waals surface area contributed by atoms with E-state index in [-0.39, 0.29) is 0 Å². The van der Waals surface area contributed by atoms with Crippen LogP contribution in [0.4, 0.5) is 0 Å². The van der Waals surface area contributed by atoms with Gasteiger partial charge in [0.05, 0.1) is 15.2 Å². The summed E-state index contributed by atoms with van der Waals surface area (Å²) in [5, 5.41) is 1.33. The highest BCUT2D eigenvalue weighted by Crippen LogP contribution is 2.34. The van der Waals surface area contributed by atoms with E-state index in [2.05, 4.69) is 29.2 Å². The van der Waals surface area contributed by atoms with Crippen molar-refractivity contribution in [1.29, 1.82) is 0 Å². The summed E-state index contributed by atoms with van der Waals surface area (Å²) >= 11 is 1.88. The maximum absolute atomic E-state index is 5.47. The summed E-state index contributed by atoms with van der Waals surface area (Å²) < 4.78 is 6.80. The van der Waals surface area contributed by atoms with Gasteiger partial charge in [0.25, 0.3) is 0 Å². The van der Waals surface area contributed by atoms with Gasteiger partial charge >= 0.3 is 0 Å². The number of rotatable bonds is 2. The van der Waals surface area contributed by atoms with Gasteiger partial charge < -0.3 is 4.74 Å². The number of para-hydroxylation sites is 1. The molecule has 2 aliphatic rings. The van der Waals surface area contributed by atoms with Gasteiger partial charge in [0.1, 0.15) is 0 Å². The summed E-state index contributed by atoms with van der Waals surface area (Å²) in [4.78, 5) is 7.51. The predicted octanol–water partition coefficient (Wildman–Crippen LogP) is 3.26. The van der Waals surface area contributed by atoms with Crippen LogP contribution < -0.4 is 0 Å². The lowest BCUT2D eigenvalue weighted by atomic mass is 10.1. The van der Waals surface area contributed by atoms with Crippen molar-refractivity contribution in [2.75, 3.05) is 26.3 Å². The first kappa shape index (κ1) is 12.7. The van der Waals surface area contributed by atoms with Crippen molar-refractivity contribution in [2.45, 2.75) is 31.2 Å². The van der Waals surface area contributed by atoms with Gasteiger partial charge in [-0.15, -0.1) is 11.3 Å². The Kier molecular flexibility index (Phi) is 3.46. The van der Waals surface area contributed by atoms with Crippen LogP contribution in [0.15, 0.2) is 24.3 Å². The van der Waals surface area contributed by atoms with Crippen LogP contribution in [0.2, 0.25) is 0 Å². The lowest BCUT2D eigenvalue weighted by Gasteiger charge is -2.30. The second-order valence-electron chi connectivity index (χ2n) is 5.84. The average Bonchev–Trinajstić information content (AvgIpc) is 3.14. The smallest absolute Gasteiger partial charge is 0.0982 e. The summed E-state index contributed by atoms with van der Waals surface area (Å²) in [6, 6.07) is 9.23. The normalized spacial score (nSPS) is 25.5. The number of aromatic nitrogens is 1. The Morgan fingerprint density at radius 1 is 1.15 bits per heavy atom. The third-order valence-corrected chi connectivity index (χ3v) is 5.79. The van der Waals surface area contributed by atoms with Gasteiger partial charge in [0.15, 0.2) is 0 Å². The second-order valence-corrected chi connectivity index (χ2v) is 6.91. The van der Waals surface area contributed by atoms with Crippen LogP contribution in [-0.2, 0) is 4.74 Å². The fourth-order valence-electron chi connectivity index (χ4n) is 3.44. The topological polar surface area (TPSA) is 25.4 Å². The summed E-state index contributed by atoms with van der Waals surface area (Å²) in [5.41, 5.74) is 1.16. The largest absolute Gasteiger partial charge is 0.381 e. The molecule has 2 aromatic rings. The standard InChI is InChI=1S/C16H20N2OS/c1-2-4-15-14(3-1)17-16(20-15)12-5-8-18(11-12)13-6-9-19-10-7-13/h1-4,12-13H,5-11H2. The third kappa shape index (κ3) is 2.36. The van der Waals surface area contributed by atoms with Crippen molar-refractivity contribution in [1.82, 2.24) is 9.88 Å². The zero-order valence-corrected chi connectivity index (χ0v) is 12.4. The molecule has 4 rings (SSSR count). The minimum atomic E-state index is 0.634. The highest BCUT2D eigenvalue weighted by molar-refractivity contribution is 7.18. The fraction of sp³-hybridized carbons (Fsp3) is 0.562. The van der Waals surface area contributed by atoms with Crippen molar-refractivity contribution >= 4 is 21.6 Å². The average molecular weight is 288 g/mol. The molecule has 0 aliphatic carbocycles. The van der Waals surface area contributed by atoms with Crippen LogP contribution in [0.3, 0.4) is 0 Å². The van der Waals surface area contributed by atoms with E-state index in [1.165, 1.54) is 42.1 Å². The number of hydrogen-bond acceptors (Lipinski definition) is 4. The van der Waals surface area contributed by atoms with Gasteiger partial charge in [-0.05, 0) is 37.9 Å². The van der Waals surface area contributed by atoms with Crippen molar-refractivity contribution in [2.24, 2.45) is 0 Å². The van der Waals surface area contributed by atoms with E-state index in [0.29, 0.717) is 5.92 Å². The Morgan fingerprint density at radius 3 is 2.85 bits per heavy atom. The van der Waals surface area contributed by atoms with E-state index in [1.807, 2.05) is 11.3 Å². The molecule has 3 nitrogen and oxygen atoms in total. The molecule has 20 heavy (non-hydrogen) atoms. The molecule has 2 fully saturated rings. The molecule has 0 spiro atoms. The van der Waals surface area contributed by atoms with Crippen LogP contribution in [0.5, 0.6) is 0 Å². The van der Waals surface area contributed by atoms with Crippen LogP contribution in [-0.4, -0.2) is 42.2 Å². The van der Waals surface area contributed by atoms with Gasteiger partial charge in [-0.1, -0.05) is 12.1 Å². The molecular weight excluding hydrogens is 268 g/mol. The van der Waals surface area contributed by atoms with E-state index in [0.717, 1.165) is 24.8 Å². The molecule has 3 heterocycles. The zero-order chi connectivity index (χ0) is 13.4. The van der Waals surface area contributed by atoms with Gasteiger partial charge in [-0.25, -0.2) is 4.98 Å². The summed E-state index contributed by atoms with van der Waals surface area (Å²) in [7, 11) is 0. The summed E-state index contributed by atoms with van der Waals surface area (Å²) in [6.45, 7) is 4.29. The van der Waals surface area contributed by atoms with Gasteiger partial charge in [0, 0.05) is 31.7 Å². The predicted molar refractivity (Wildman–Crippen MR) is 82.4 cm³/mol.